The van der Waals surface area contributed by atoms with Crippen molar-refractivity contribution in [3.05, 3.63) is 114 Å². The Morgan fingerprint density at radius 3 is 1.55 bits per heavy atom. The van der Waals surface area contributed by atoms with E-state index in [9.17, 15) is 0 Å². The van der Waals surface area contributed by atoms with Gasteiger partial charge in [0, 0.05) is 0 Å². The first kappa shape index (κ1) is 20.4. The van der Waals surface area contributed by atoms with Crippen molar-refractivity contribution in [2.45, 2.75) is 30.6 Å². The van der Waals surface area contributed by atoms with Crippen molar-refractivity contribution < 1.29 is 0 Å². The molecule has 0 nitrogen and oxygen atoms in total. The Morgan fingerprint density at radius 1 is 0.517 bits per heavy atom. The molecule has 0 fully saturated rings. The van der Waals surface area contributed by atoms with Crippen LogP contribution in [0.1, 0.15) is 16.7 Å². The van der Waals surface area contributed by atoms with Gasteiger partial charge in [0.05, 0.1) is 0 Å². The van der Waals surface area contributed by atoms with Crippen LogP contribution in [0.5, 0.6) is 0 Å². The Bertz CT molecular complexity index is 1050. The van der Waals surface area contributed by atoms with Crippen LogP contribution in [0.25, 0.3) is 0 Å². The maximum atomic E-state index is 2.37. The van der Waals surface area contributed by atoms with Crippen molar-refractivity contribution in [3.63, 3.8) is 0 Å². The molecule has 4 aromatic carbocycles. The van der Waals surface area contributed by atoms with Crippen LogP contribution in [-0.2, 0) is 0 Å². The molecule has 0 saturated carbocycles. The molecule has 2 heteroatoms. The van der Waals surface area contributed by atoms with Gasteiger partial charge in [-0.2, -0.15) is 0 Å². The van der Waals surface area contributed by atoms with Gasteiger partial charge in [0.2, 0.25) is 0 Å². The third-order valence-electron chi connectivity index (χ3n) is 5.00. The van der Waals surface area contributed by atoms with Gasteiger partial charge in [0.15, 0.2) is 0 Å². The quantitative estimate of drug-likeness (QED) is 0.285. The van der Waals surface area contributed by atoms with E-state index in [1.165, 1.54) is 33.0 Å². The van der Waals surface area contributed by atoms with E-state index in [1.54, 1.807) is 3.27 Å². The minimum absolute atomic E-state index is 1.32. The molecule has 0 saturated heterocycles. The molecule has 0 spiro atoms. The Hall–Kier alpha value is -1.89. The van der Waals surface area contributed by atoms with E-state index in [0.717, 1.165) is 0 Å². The number of hydrogen-bond acceptors (Lipinski definition) is 1. The van der Waals surface area contributed by atoms with Gasteiger partial charge in [-0.1, -0.05) is 0 Å². The molecule has 0 aliphatic carbocycles. The van der Waals surface area contributed by atoms with Gasteiger partial charge in [-0.25, -0.2) is 0 Å². The molecule has 0 atom stereocenters. The predicted molar refractivity (Wildman–Crippen MR) is 129 cm³/mol. The Balaban J connectivity index is 1.84. The van der Waals surface area contributed by atoms with Crippen LogP contribution in [-0.4, -0.2) is 21.8 Å². The second-order valence-electron chi connectivity index (χ2n) is 7.34. The van der Waals surface area contributed by atoms with E-state index >= 15 is 0 Å². The molecule has 0 aromatic heterocycles. The van der Waals surface area contributed by atoms with E-state index in [2.05, 4.69) is 118 Å². The molecule has 0 aliphatic heterocycles. The van der Waals surface area contributed by atoms with Gasteiger partial charge < -0.3 is 0 Å². The summed E-state index contributed by atoms with van der Waals surface area (Å²) in [6, 6.07) is 36.3. The van der Waals surface area contributed by atoms with Crippen LogP contribution in [0.3, 0.4) is 0 Å². The molecule has 4 rings (SSSR count). The normalized spacial score (nSPS) is 11.0. The molecule has 0 radical (unpaired) electrons. The molecule has 4 aromatic rings. The van der Waals surface area contributed by atoms with Crippen molar-refractivity contribution >= 4 is 43.3 Å². The summed E-state index contributed by atoms with van der Waals surface area (Å²) >= 11 is -0.481. The zero-order valence-corrected chi connectivity index (χ0v) is 21.4. The van der Waals surface area contributed by atoms with Crippen molar-refractivity contribution in [2.24, 2.45) is 0 Å². The maximum absolute atomic E-state index is 2.40. The van der Waals surface area contributed by atoms with Crippen molar-refractivity contribution in [2.75, 3.05) is 0 Å². The van der Waals surface area contributed by atoms with Gasteiger partial charge in [-0.05, 0) is 0 Å². The fourth-order valence-electron chi connectivity index (χ4n) is 3.33. The van der Waals surface area contributed by atoms with Crippen LogP contribution in [0.2, 0.25) is 0 Å². The molecule has 144 valence electrons. The topological polar surface area (TPSA) is 0 Å². The number of aryl methyl sites for hydroxylation is 3. The first-order chi connectivity index (χ1) is 14.1. The van der Waals surface area contributed by atoms with Crippen molar-refractivity contribution in [1.82, 2.24) is 0 Å². The molecule has 0 heterocycles. The Kier molecular flexibility index (Phi) is 6.53. The van der Waals surface area contributed by atoms with E-state index in [-0.39, 0.29) is 0 Å². The fraction of sp³-hybridized carbons (Fsp3) is 0.111. The van der Waals surface area contributed by atoms with E-state index in [4.69, 9.17) is 0 Å². The summed E-state index contributed by atoms with van der Waals surface area (Å²) in [5.41, 5.74) is 3.98. The molecule has 0 unspecified atom stereocenters. The van der Waals surface area contributed by atoms with Crippen molar-refractivity contribution in [3.8, 4) is 0 Å². The average Bonchev–Trinajstić information content (AvgIpc) is 2.74. The summed E-state index contributed by atoms with van der Waals surface area (Å²) in [6.07, 6.45) is 0. The van der Waals surface area contributed by atoms with Crippen LogP contribution in [0.15, 0.2) is 107 Å². The van der Waals surface area contributed by atoms with Crippen LogP contribution >= 0.6 is 11.8 Å². The second-order valence-corrected chi connectivity index (χ2v) is 16.9. The summed E-state index contributed by atoms with van der Waals surface area (Å²) in [5, 5.41) is 0. The van der Waals surface area contributed by atoms with Gasteiger partial charge in [-0.3, -0.25) is 0 Å². The molecular weight excluding hydrogens is 565 g/mol. The Labute approximate surface area is 186 Å². The van der Waals surface area contributed by atoms with Gasteiger partial charge in [0.25, 0.3) is 0 Å². The SMILES string of the molecule is Cc1cc[c]([Bi]([c]2ccc(C)cc2)[c]2ccccc2Sc2ccccc2C)cc1. The summed E-state index contributed by atoms with van der Waals surface area (Å²) in [6.45, 7) is 6.54. The van der Waals surface area contributed by atoms with Gasteiger partial charge in [0.1, 0.15) is 0 Å². The fourth-order valence-corrected chi connectivity index (χ4v) is 14.5. The monoisotopic (exact) mass is 590 g/mol. The summed E-state index contributed by atoms with van der Waals surface area (Å²) < 4.78 is 4.63. The molecule has 29 heavy (non-hydrogen) atoms. The summed E-state index contributed by atoms with van der Waals surface area (Å²) in [7, 11) is 0. The number of hydrogen-bond donors (Lipinski definition) is 0. The minimum atomic E-state index is -2.40. The Morgan fingerprint density at radius 2 is 1.00 bits per heavy atom. The molecule has 0 amide bonds. The standard InChI is InChI=1S/C13H11S.2C7H7.Bi/c1-11-7-5-6-10-13(11)14-12-8-3-2-4-9-12;2*1-7-5-3-2-4-6-7;/h2-8,10H,1H3;2*3-6H,1H3;. The van der Waals surface area contributed by atoms with E-state index < -0.39 is 21.8 Å². The first-order valence-corrected chi connectivity index (χ1v) is 15.9. The van der Waals surface area contributed by atoms with Crippen LogP contribution in [0.4, 0.5) is 0 Å². The zero-order chi connectivity index (χ0) is 20.2. The number of benzene rings is 4. The van der Waals surface area contributed by atoms with Crippen LogP contribution in [0, 0.1) is 20.8 Å². The van der Waals surface area contributed by atoms with Crippen LogP contribution < -0.4 is 9.81 Å². The van der Waals surface area contributed by atoms with Gasteiger partial charge >= 0.3 is 188 Å². The predicted octanol–water partition coefficient (Wildman–Crippen LogP) is 5.28. The third-order valence-corrected chi connectivity index (χ3v) is 16.6. The average molecular weight is 591 g/mol. The third kappa shape index (κ3) is 4.82. The second kappa shape index (κ2) is 9.29. The van der Waals surface area contributed by atoms with Crippen molar-refractivity contribution in [1.29, 1.82) is 0 Å². The summed E-state index contributed by atoms with van der Waals surface area (Å²) in [4.78, 5) is 2.75. The van der Waals surface area contributed by atoms with E-state index in [0.29, 0.717) is 0 Å². The van der Waals surface area contributed by atoms with E-state index in [1.807, 2.05) is 11.8 Å². The van der Waals surface area contributed by atoms with Gasteiger partial charge in [-0.15, -0.1) is 0 Å². The first-order valence-electron chi connectivity index (χ1n) is 9.88. The molecular formula is C27H25BiS. The number of rotatable bonds is 5. The molecule has 0 N–H and O–H groups in total. The zero-order valence-electron chi connectivity index (χ0n) is 17.1. The summed E-state index contributed by atoms with van der Waals surface area (Å²) in [5.74, 6) is 0. The molecule has 0 aliphatic rings. The molecule has 0 bridgehead atoms.